The maximum absolute atomic E-state index is 12.3. The molecule has 3 N–H and O–H groups in total. The molecular formula is C15H25N3O2. The Morgan fingerprint density at radius 3 is 2.55 bits per heavy atom. The zero-order chi connectivity index (χ0) is 15.1. The van der Waals surface area contributed by atoms with Gasteiger partial charge in [0.2, 0.25) is 5.91 Å². The van der Waals surface area contributed by atoms with Crippen LogP contribution >= 0.6 is 0 Å². The lowest BCUT2D eigenvalue weighted by Crippen LogP contribution is -2.47. The normalized spacial score (nSPS) is 12.7. The number of amides is 1. The number of rotatable bonds is 7. The first kappa shape index (κ1) is 16.5. The van der Waals surface area contributed by atoms with Gasteiger partial charge in [-0.05, 0) is 32.9 Å². The van der Waals surface area contributed by atoms with Crippen molar-refractivity contribution < 1.29 is 9.53 Å². The van der Waals surface area contributed by atoms with Crippen molar-refractivity contribution >= 4 is 17.3 Å². The second-order valence-electron chi connectivity index (χ2n) is 5.08. The van der Waals surface area contributed by atoms with E-state index in [-0.39, 0.29) is 18.0 Å². The fraction of sp³-hybridized carbons (Fsp3) is 0.533. The van der Waals surface area contributed by atoms with Crippen LogP contribution in [0.15, 0.2) is 24.3 Å². The van der Waals surface area contributed by atoms with Gasteiger partial charge in [-0.3, -0.25) is 9.69 Å². The summed E-state index contributed by atoms with van der Waals surface area (Å²) in [5, 5.41) is 2.88. The molecule has 0 aliphatic rings. The Balaban J connectivity index is 2.71. The van der Waals surface area contributed by atoms with Gasteiger partial charge >= 0.3 is 0 Å². The van der Waals surface area contributed by atoms with E-state index in [1.165, 1.54) is 0 Å². The summed E-state index contributed by atoms with van der Waals surface area (Å²) in [7, 11) is 1.66. The summed E-state index contributed by atoms with van der Waals surface area (Å²) in [5.41, 5.74) is 7.06. The van der Waals surface area contributed by atoms with Gasteiger partial charge in [0.1, 0.15) is 0 Å². The molecule has 5 nitrogen and oxygen atoms in total. The first-order valence-corrected chi connectivity index (χ1v) is 6.87. The molecule has 5 heteroatoms. The smallest absolute Gasteiger partial charge is 0.241 e. The van der Waals surface area contributed by atoms with Crippen molar-refractivity contribution in [3.8, 4) is 0 Å². The number of nitrogens with two attached hydrogens (primary N) is 1. The Kier molecular flexibility index (Phi) is 6.48. The van der Waals surface area contributed by atoms with E-state index in [4.69, 9.17) is 10.5 Å². The van der Waals surface area contributed by atoms with Gasteiger partial charge in [0.05, 0.1) is 24.0 Å². The van der Waals surface area contributed by atoms with Crippen LogP contribution in [0.3, 0.4) is 0 Å². The van der Waals surface area contributed by atoms with Crippen molar-refractivity contribution in [2.24, 2.45) is 0 Å². The monoisotopic (exact) mass is 279 g/mol. The van der Waals surface area contributed by atoms with Gasteiger partial charge in [0, 0.05) is 19.7 Å². The minimum absolute atomic E-state index is 0.0623. The highest BCUT2D eigenvalue weighted by Crippen LogP contribution is 2.18. The maximum Gasteiger partial charge on any atom is 0.241 e. The van der Waals surface area contributed by atoms with Crippen molar-refractivity contribution in [2.75, 3.05) is 31.3 Å². The van der Waals surface area contributed by atoms with Crippen LogP contribution in [-0.2, 0) is 9.53 Å². The summed E-state index contributed by atoms with van der Waals surface area (Å²) in [6.45, 7) is 7.34. The van der Waals surface area contributed by atoms with Crippen LogP contribution in [0, 0.1) is 0 Å². The Morgan fingerprint density at radius 1 is 1.35 bits per heavy atom. The van der Waals surface area contributed by atoms with E-state index in [0.717, 1.165) is 0 Å². The zero-order valence-electron chi connectivity index (χ0n) is 12.7. The second kappa shape index (κ2) is 7.87. The van der Waals surface area contributed by atoms with Crippen molar-refractivity contribution in [1.29, 1.82) is 0 Å². The highest BCUT2D eigenvalue weighted by Gasteiger charge is 2.23. The molecule has 112 valence electrons. The molecule has 0 aromatic heterocycles. The zero-order valence-corrected chi connectivity index (χ0v) is 12.7. The molecule has 1 unspecified atom stereocenters. The number of hydrogen-bond acceptors (Lipinski definition) is 4. The average molecular weight is 279 g/mol. The number of anilines is 2. The average Bonchev–Trinajstić information content (AvgIpc) is 2.41. The third kappa shape index (κ3) is 4.51. The standard InChI is InChI=1S/C15H25N3O2/c1-11(2)18(9-10-20-4)12(3)15(19)17-14-8-6-5-7-13(14)16/h5-8,11-12H,9-10,16H2,1-4H3,(H,17,19). The van der Waals surface area contributed by atoms with Gasteiger partial charge in [-0.2, -0.15) is 0 Å². The summed E-state index contributed by atoms with van der Waals surface area (Å²) >= 11 is 0. The van der Waals surface area contributed by atoms with Crippen molar-refractivity contribution in [3.63, 3.8) is 0 Å². The number of nitrogen functional groups attached to an aromatic ring is 1. The Labute approximate surface area is 121 Å². The van der Waals surface area contributed by atoms with E-state index in [9.17, 15) is 4.79 Å². The number of carbonyl (C=O) groups is 1. The lowest BCUT2D eigenvalue weighted by molar-refractivity contribution is -0.121. The van der Waals surface area contributed by atoms with Crippen LogP contribution in [-0.4, -0.2) is 43.2 Å². The molecule has 1 amide bonds. The number of benzene rings is 1. The third-order valence-electron chi connectivity index (χ3n) is 3.31. The quantitative estimate of drug-likeness (QED) is 0.749. The van der Waals surface area contributed by atoms with Gasteiger partial charge in [0.25, 0.3) is 0 Å². The fourth-order valence-corrected chi connectivity index (χ4v) is 2.09. The van der Waals surface area contributed by atoms with Crippen molar-refractivity contribution in [2.45, 2.75) is 32.9 Å². The van der Waals surface area contributed by atoms with E-state index in [1.807, 2.05) is 19.1 Å². The second-order valence-corrected chi connectivity index (χ2v) is 5.08. The Bertz CT molecular complexity index is 435. The fourth-order valence-electron chi connectivity index (χ4n) is 2.09. The van der Waals surface area contributed by atoms with Crippen LogP contribution in [0.4, 0.5) is 11.4 Å². The topological polar surface area (TPSA) is 67.6 Å². The van der Waals surface area contributed by atoms with Gasteiger partial charge in [-0.1, -0.05) is 12.1 Å². The molecule has 0 spiro atoms. The number of para-hydroxylation sites is 2. The predicted octanol–water partition coefficient (Wildman–Crippen LogP) is 1.95. The molecule has 20 heavy (non-hydrogen) atoms. The maximum atomic E-state index is 12.3. The van der Waals surface area contributed by atoms with Crippen LogP contribution in [0.25, 0.3) is 0 Å². The van der Waals surface area contributed by atoms with Gasteiger partial charge < -0.3 is 15.8 Å². The number of carbonyl (C=O) groups excluding carboxylic acids is 1. The Hall–Kier alpha value is -1.59. The largest absolute Gasteiger partial charge is 0.397 e. The number of nitrogens with zero attached hydrogens (tertiary/aromatic N) is 1. The molecule has 1 aromatic rings. The molecular weight excluding hydrogens is 254 g/mol. The van der Waals surface area contributed by atoms with E-state index < -0.39 is 0 Å². The van der Waals surface area contributed by atoms with E-state index in [1.54, 1.807) is 19.2 Å². The summed E-state index contributed by atoms with van der Waals surface area (Å²) in [5.74, 6) is -0.0623. The molecule has 0 saturated heterocycles. The van der Waals surface area contributed by atoms with Crippen LogP contribution in [0.5, 0.6) is 0 Å². The molecule has 0 aliphatic heterocycles. The molecule has 0 aliphatic carbocycles. The molecule has 0 heterocycles. The molecule has 1 rings (SSSR count). The predicted molar refractivity (Wildman–Crippen MR) is 82.7 cm³/mol. The summed E-state index contributed by atoms with van der Waals surface area (Å²) < 4.78 is 5.10. The van der Waals surface area contributed by atoms with E-state index in [0.29, 0.717) is 24.5 Å². The number of ether oxygens (including phenoxy) is 1. The SMILES string of the molecule is COCCN(C(C)C)C(C)C(=O)Nc1ccccc1N. The van der Waals surface area contributed by atoms with Crippen LogP contribution in [0.2, 0.25) is 0 Å². The Morgan fingerprint density at radius 2 is 2.00 bits per heavy atom. The van der Waals surface area contributed by atoms with Crippen molar-refractivity contribution in [1.82, 2.24) is 4.90 Å². The van der Waals surface area contributed by atoms with Crippen LogP contribution < -0.4 is 11.1 Å². The van der Waals surface area contributed by atoms with Crippen LogP contribution in [0.1, 0.15) is 20.8 Å². The van der Waals surface area contributed by atoms with Gasteiger partial charge in [-0.25, -0.2) is 0 Å². The van der Waals surface area contributed by atoms with Crippen molar-refractivity contribution in [3.05, 3.63) is 24.3 Å². The number of hydrogen-bond donors (Lipinski definition) is 2. The molecule has 0 saturated carbocycles. The summed E-state index contributed by atoms with van der Waals surface area (Å²) in [6, 6.07) is 7.28. The molecule has 1 aromatic carbocycles. The lowest BCUT2D eigenvalue weighted by atomic mass is 10.2. The van der Waals surface area contributed by atoms with Gasteiger partial charge in [0.15, 0.2) is 0 Å². The highest BCUT2D eigenvalue weighted by atomic mass is 16.5. The van der Waals surface area contributed by atoms with E-state index >= 15 is 0 Å². The highest BCUT2D eigenvalue weighted by molar-refractivity contribution is 5.97. The molecule has 0 bridgehead atoms. The summed E-state index contributed by atoms with van der Waals surface area (Å²) in [6.07, 6.45) is 0. The number of methoxy groups -OCH3 is 1. The lowest BCUT2D eigenvalue weighted by Gasteiger charge is -2.31. The van der Waals surface area contributed by atoms with E-state index in [2.05, 4.69) is 24.1 Å². The molecule has 0 radical (unpaired) electrons. The minimum Gasteiger partial charge on any atom is -0.397 e. The first-order chi connectivity index (χ1) is 9.47. The minimum atomic E-state index is -0.246. The summed E-state index contributed by atoms with van der Waals surface area (Å²) in [4.78, 5) is 14.4. The molecule has 0 fully saturated rings. The van der Waals surface area contributed by atoms with Gasteiger partial charge in [-0.15, -0.1) is 0 Å². The first-order valence-electron chi connectivity index (χ1n) is 6.87. The number of nitrogens with one attached hydrogen (secondary N) is 1. The third-order valence-corrected chi connectivity index (χ3v) is 3.31. The molecule has 1 atom stereocenters.